The zero-order chi connectivity index (χ0) is 39.9. The molecular formula is C47H53N11. The van der Waals surface area contributed by atoms with E-state index < -0.39 is 0 Å². The summed E-state index contributed by atoms with van der Waals surface area (Å²) in [6, 6.07) is 42.4. The van der Waals surface area contributed by atoms with Gasteiger partial charge in [-0.2, -0.15) is 0 Å². The Morgan fingerprint density at radius 2 is 0.483 bits per heavy atom. The zero-order valence-electron chi connectivity index (χ0n) is 33.4. The molecule has 0 aliphatic carbocycles. The molecule has 0 N–H and O–H groups in total. The van der Waals surface area contributed by atoms with Crippen molar-refractivity contribution >= 4 is 0 Å². The van der Waals surface area contributed by atoms with E-state index in [2.05, 4.69) is 104 Å². The van der Waals surface area contributed by atoms with Crippen LogP contribution in [0.25, 0.3) is 0 Å². The van der Waals surface area contributed by atoms with E-state index in [1.165, 1.54) is 0 Å². The van der Waals surface area contributed by atoms with Gasteiger partial charge in [0.25, 0.3) is 0 Å². The summed E-state index contributed by atoms with van der Waals surface area (Å²) in [4.78, 5) is 40.9. The van der Waals surface area contributed by atoms with Crippen molar-refractivity contribution in [2.24, 2.45) is 0 Å². The van der Waals surface area contributed by atoms with Crippen molar-refractivity contribution in [2.75, 3.05) is 33.2 Å². The van der Waals surface area contributed by atoms with E-state index in [1.54, 1.807) is 0 Å². The van der Waals surface area contributed by atoms with Crippen molar-refractivity contribution in [2.45, 2.75) is 45.8 Å². The average molecular weight is 772 g/mol. The first-order valence-electron chi connectivity index (χ1n) is 19.8. The molecule has 296 valence electrons. The molecule has 0 aromatic carbocycles. The maximum Gasteiger partial charge on any atom is 0.0544 e. The summed E-state index contributed by atoms with van der Waals surface area (Å²) < 4.78 is 0. The minimum Gasteiger partial charge on any atom is -0.299 e. The lowest BCUT2D eigenvalue weighted by Gasteiger charge is -2.27. The minimum atomic E-state index is 0.776. The summed E-state index contributed by atoms with van der Waals surface area (Å²) in [5.74, 6) is 0. The number of aromatic nitrogens is 7. The van der Waals surface area contributed by atoms with Crippen molar-refractivity contribution in [1.82, 2.24) is 54.5 Å². The normalized spacial score (nSPS) is 11.2. The van der Waals surface area contributed by atoms with Crippen LogP contribution in [0.2, 0.25) is 0 Å². The molecule has 11 nitrogen and oxygen atoms in total. The zero-order valence-corrected chi connectivity index (χ0v) is 33.4. The van der Waals surface area contributed by atoms with Gasteiger partial charge in [0.2, 0.25) is 0 Å². The van der Waals surface area contributed by atoms with E-state index >= 15 is 0 Å². The lowest BCUT2D eigenvalue weighted by molar-refractivity contribution is 0.178. The number of rotatable bonds is 20. The number of likely N-dealkylation sites (N-methyl/N-ethyl adjacent to an activating group) is 1. The fourth-order valence-corrected chi connectivity index (χ4v) is 6.41. The third kappa shape index (κ3) is 15.4. The molecule has 0 spiro atoms. The molecule has 0 bridgehead atoms. The molecule has 0 unspecified atom stereocenters. The van der Waals surface area contributed by atoms with Gasteiger partial charge < -0.3 is 0 Å². The van der Waals surface area contributed by atoms with Crippen LogP contribution in [0.1, 0.15) is 39.9 Å². The highest BCUT2D eigenvalue weighted by atomic mass is 15.2. The van der Waals surface area contributed by atoms with Crippen LogP contribution < -0.4 is 0 Å². The molecule has 0 amide bonds. The highest BCUT2D eigenvalue weighted by Crippen LogP contribution is 2.12. The summed E-state index contributed by atoms with van der Waals surface area (Å²) in [7, 11) is 2.13. The topological polar surface area (TPSA) is 103 Å². The lowest BCUT2D eigenvalue weighted by Crippen LogP contribution is -2.35. The van der Waals surface area contributed by atoms with Gasteiger partial charge in [0.1, 0.15) is 0 Å². The monoisotopic (exact) mass is 771 g/mol. The first-order chi connectivity index (χ1) is 28.6. The molecule has 0 saturated carbocycles. The van der Waals surface area contributed by atoms with Gasteiger partial charge in [0, 0.05) is 115 Å². The second-order valence-corrected chi connectivity index (χ2v) is 14.1. The molecule has 0 radical (unpaired) electrons. The molecule has 0 atom stereocenters. The van der Waals surface area contributed by atoms with Crippen LogP contribution in [0, 0.1) is 0 Å². The highest BCUT2D eigenvalue weighted by Gasteiger charge is 2.15. The Balaban J connectivity index is 0.000000200. The summed E-state index contributed by atoms with van der Waals surface area (Å²) >= 11 is 0. The molecule has 7 aromatic rings. The first-order valence-corrected chi connectivity index (χ1v) is 19.8. The van der Waals surface area contributed by atoms with Crippen molar-refractivity contribution < 1.29 is 0 Å². The largest absolute Gasteiger partial charge is 0.299 e. The maximum atomic E-state index is 4.53. The third-order valence-electron chi connectivity index (χ3n) is 9.36. The van der Waals surface area contributed by atoms with Crippen molar-refractivity contribution in [3.05, 3.63) is 211 Å². The predicted molar refractivity (Wildman–Crippen MR) is 228 cm³/mol. The summed E-state index contributed by atoms with van der Waals surface area (Å²) in [5.41, 5.74) is 7.49. The van der Waals surface area contributed by atoms with Crippen LogP contribution in [0.5, 0.6) is 0 Å². The molecule has 11 heteroatoms. The van der Waals surface area contributed by atoms with E-state index in [-0.39, 0.29) is 0 Å². The van der Waals surface area contributed by atoms with Crippen LogP contribution in [0.3, 0.4) is 0 Å². The molecule has 0 saturated heterocycles. The summed E-state index contributed by atoms with van der Waals surface area (Å²) in [6.45, 7) is 9.24. The Kier molecular flexibility index (Phi) is 17.1. The van der Waals surface area contributed by atoms with Gasteiger partial charge in [-0.15, -0.1) is 0 Å². The highest BCUT2D eigenvalue weighted by molar-refractivity contribution is 5.10. The molecular weight excluding hydrogens is 719 g/mol. The van der Waals surface area contributed by atoms with Crippen molar-refractivity contribution in [1.29, 1.82) is 0 Å². The van der Waals surface area contributed by atoms with E-state index in [0.717, 1.165) is 112 Å². The first kappa shape index (κ1) is 41.5. The Labute approximate surface area is 343 Å². The van der Waals surface area contributed by atoms with Crippen molar-refractivity contribution in [3.63, 3.8) is 0 Å². The number of hydrogen-bond acceptors (Lipinski definition) is 11. The fourth-order valence-electron chi connectivity index (χ4n) is 6.41. The maximum absolute atomic E-state index is 4.53. The Morgan fingerprint density at radius 1 is 0.276 bits per heavy atom. The van der Waals surface area contributed by atoms with Crippen LogP contribution in [0.4, 0.5) is 0 Å². The van der Waals surface area contributed by atoms with Gasteiger partial charge in [0.05, 0.1) is 39.9 Å². The minimum absolute atomic E-state index is 0.776. The molecule has 7 rings (SSSR count). The molecule has 0 fully saturated rings. The standard InChI is InChI=1S/C26H28N6.C21H25N5/c1-5-13-27-23(9-1)19-31(20-24-10-2-6-14-28-24)17-18-32(21-25-11-3-7-15-29-25)22-26-12-4-8-16-30-26;1-25(16-19-8-2-5-11-22-19)14-15-26(17-20-9-3-6-12-23-20)18-21-10-4-7-13-24-21/h1-16H,17-22H2;2-13H,14-18H2,1H3. The molecule has 0 aliphatic heterocycles. The predicted octanol–water partition coefficient (Wildman–Crippen LogP) is 6.98. The van der Waals surface area contributed by atoms with Crippen LogP contribution in [-0.2, 0) is 45.8 Å². The number of nitrogens with zero attached hydrogens (tertiary/aromatic N) is 11. The van der Waals surface area contributed by atoms with Crippen LogP contribution in [-0.4, -0.2) is 87.7 Å². The van der Waals surface area contributed by atoms with E-state index in [4.69, 9.17) is 0 Å². The molecule has 7 aromatic heterocycles. The second kappa shape index (κ2) is 23.8. The SMILES string of the molecule is CN(CCN(Cc1ccccn1)Cc1ccccn1)Cc1ccccn1.c1ccc(CN(CCN(Cc2ccccn2)Cc2ccccn2)Cc2ccccn2)nc1. The van der Waals surface area contributed by atoms with Gasteiger partial charge in [-0.3, -0.25) is 54.5 Å². The smallest absolute Gasteiger partial charge is 0.0544 e. The Hall–Kier alpha value is -6.11. The second-order valence-electron chi connectivity index (χ2n) is 14.1. The van der Waals surface area contributed by atoms with E-state index in [1.807, 2.05) is 128 Å². The number of hydrogen-bond donors (Lipinski definition) is 0. The van der Waals surface area contributed by atoms with E-state index in [0.29, 0.717) is 0 Å². The Morgan fingerprint density at radius 3 is 0.690 bits per heavy atom. The summed E-state index contributed by atoms with van der Waals surface area (Å²) in [6.07, 6.45) is 12.9. The van der Waals surface area contributed by atoms with Gasteiger partial charge in [0.15, 0.2) is 0 Å². The van der Waals surface area contributed by atoms with Crippen molar-refractivity contribution in [3.8, 4) is 0 Å². The number of pyridine rings is 7. The Bertz CT molecular complexity index is 1870. The van der Waals surface area contributed by atoms with Crippen LogP contribution in [0.15, 0.2) is 171 Å². The van der Waals surface area contributed by atoms with Gasteiger partial charge in [-0.05, 0) is 92.0 Å². The molecule has 58 heavy (non-hydrogen) atoms. The van der Waals surface area contributed by atoms with Gasteiger partial charge in [-0.1, -0.05) is 42.5 Å². The van der Waals surface area contributed by atoms with Gasteiger partial charge in [-0.25, -0.2) is 0 Å². The average Bonchev–Trinajstić information content (AvgIpc) is 3.27. The fraction of sp³-hybridized carbons (Fsp3) is 0.255. The molecule has 7 heterocycles. The third-order valence-corrected chi connectivity index (χ3v) is 9.36. The summed E-state index contributed by atoms with van der Waals surface area (Å²) in [5, 5.41) is 0. The lowest BCUT2D eigenvalue weighted by atomic mass is 10.2. The van der Waals surface area contributed by atoms with E-state index in [9.17, 15) is 0 Å². The quantitative estimate of drug-likeness (QED) is 0.0803. The van der Waals surface area contributed by atoms with Crippen LogP contribution >= 0.6 is 0 Å². The van der Waals surface area contributed by atoms with Gasteiger partial charge >= 0.3 is 0 Å². The molecule has 0 aliphatic rings.